The lowest BCUT2D eigenvalue weighted by Crippen LogP contribution is -2.43. The molecule has 1 N–H and O–H groups in total. The summed E-state index contributed by atoms with van der Waals surface area (Å²) >= 11 is 1.39. The summed E-state index contributed by atoms with van der Waals surface area (Å²) in [5, 5.41) is 19.8. The second-order valence-electron chi connectivity index (χ2n) is 5.07. The summed E-state index contributed by atoms with van der Waals surface area (Å²) in [5.41, 5.74) is 0.0448. The Bertz CT molecular complexity index is 512. The molecule has 1 saturated heterocycles. The zero-order valence-corrected chi connectivity index (χ0v) is 12.6. The van der Waals surface area contributed by atoms with Gasteiger partial charge in [-0.3, -0.25) is 14.9 Å². The Morgan fingerprint density at radius 2 is 1.95 bits per heavy atom. The molecule has 1 aliphatic rings. The van der Waals surface area contributed by atoms with Crippen LogP contribution >= 0.6 is 11.8 Å². The predicted octanol–water partition coefficient (Wildman–Crippen LogP) is 2.06. The molecule has 1 heterocycles. The summed E-state index contributed by atoms with van der Waals surface area (Å²) in [4.78, 5) is 25.1. The molecule has 2 rings (SSSR count). The molecular weight excluding hydrogens is 292 g/mol. The first-order valence-corrected chi connectivity index (χ1v) is 7.73. The summed E-state index contributed by atoms with van der Waals surface area (Å²) < 4.78 is 0. The van der Waals surface area contributed by atoms with E-state index in [1.54, 1.807) is 17.0 Å². The van der Waals surface area contributed by atoms with Gasteiger partial charge in [0.2, 0.25) is 5.91 Å². The van der Waals surface area contributed by atoms with Crippen molar-refractivity contribution in [3.8, 4) is 0 Å². The molecule has 1 aliphatic heterocycles. The number of amides is 1. The van der Waals surface area contributed by atoms with E-state index in [1.807, 2.05) is 6.92 Å². The van der Waals surface area contributed by atoms with Gasteiger partial charge in [-0.05, 0) is 31.9 Å². The van der Waals surface area contributed by atoms with Gasteiger partial charge in [-0.2, -0.15) is 0 Å². The van der Waals surface area contributed by atoms with Crippen molar-refractivity contribution < 1.29 is 14.8 Å². The zero-order valence-electron chi connectivity index (χ0n) is 11.8. The Morgan fingerprint density at radius 3 is 2.48 bits per heavy atom. The third kappa shape index (κ3) is 4.18. The maximum atomic E-state index is 12.3. The third-order valence-corrected chi connectivity index (χ3v) is 4.58. The Balaban J connectivity index is 1.92. The number of benzene rings is 1. The number of piperidine rings is 1. The normalized spacial score (nSPS) is 17.5. The smallest absolute Gasteiger partial charge is 0.269 e. The van der Waals surface area contributed by atoms with Crippen LogP contribution in [0.1, 0.15) is 19.8 Å². The Kier molecular flexibility index (Phi) is 5.19. The molecule has 0 aromatic heterocycles. The van der Waals surface area contributed by atoms with Gasteiger partial charge in [-0.15, -0.1) is 11.8 Å². The molecule has 1 atom stereocenters. The molecule has 0 bridgehead atoms. The number of hydrogen-bond donors (Lipinski definition) is 1. The van der Waals surface area contributed by atoms with E-state index >= 15 is 0 Å². The summed E-state index contributed by atoms with van der Waals surface area (Å²) in [6.45, 7) is 3.01. The number of nitro groups is 1. The molecule has 0 unspecified atom stereocenters. The van der Waals surface area contributed by atoms with Crippen molar-refractivity contribution in [3.63, 3.8) is 0 Å². The molecule has 0 saturated carbocycles. The molecule has 1 aromatic rings. The second kappa shape index (κ2) is 6.91. The average molecular weight is 310 g/mol. The maximum absolute atomic E-state index is 12.3. The molecular formula is C14H18N2O4S. The van der Waals surface area contributed by atoms with E-state index in [-0.39, 0.29) is 22.9 Å². The number of carbonyl (C=O) groups excluding carboxylic acids is 1. The van der Waals surface area contributed by atoms with Gasteiger partial charge in [0.1, 0.15) is 0 Å². The molecule has 1 fully saturated rings. The number of aliphatic hydroxyl groups excluding tert-OH is 1. The van der Waals surface area contributed by atoms with Gasteiger partial charge in [-0.1, -0.05) is 0 Å². The van der Waals surface area contributed by atoms with Crippen LogP contribution in [0, 0.1) is 10.1 Å². The van der Waals surface area contributed by atoms with Gasteiger partial charge in [0.25, 0.3) is 5.69 Å². The lowest BCUT2D eigenvalue weighted by Gasteiger charge is -2.31. The number of thioether (sulfide) groups is 1. The predicted molar refractivity (Wildman–Crippen MR) is 80.2 cm³/mol. The fraction of sp³-hybridized carbons (Fsp3) is 0.500. The van der Waals surface area contributed by atoms with Gasteiger partial charge in [0, 0.05) is 30.1 Å². The highest BCUT2D eigenvalue weighted by Crippen LogP contribution is 2.27. The van der Waals surface area contributed by atoms with E-state index in [0.29, 0.717) is 25.9 Å². The largest absolute Gasteiger partial charge is 0.393 e. The van der Waals surface area contributed by atoms with Crippen LogP contribution in [0.5, 0.6) is 0 Å². The minimum atomic E-state index is -0.442. The van der Waals surface area contributed by atoms with Crippen molar-refractivity contribution >= 4 is 23.4 Å². The van der Waals surface area contributed by atoms with Crippen LogP contribution in [-0.4, -0.2) is 45.3 Å². The van der Waals surface area contributed by atoms with Crippen molar-refractivity contribution in [2.75, 3.05) is 13.1 Å². The first-order valence-electron chi connectivity index (χ1n) is 6.85. The van der Waals surface area contributed by atoms with E-state index in [9.17, 15) is 20.0 Å². The fourth-order valence-electron chi connectivity index (χ4n) is 2.24. The van der Waals surface area contributed by atoms with Crippen molar-refractivity contribution in [1.82, 2.24) is 4.90 Å². The Labute approximate surface area is 127 Å². The highest BCUT2D eigenvalue weighted by Gasteiger charge is 2.25. The molecule has 21 heavy (non-hydrogen) atoms. The SMILES string of the molecule is C[C@@H](Sc1ccc([N+](=O)[O-])cc1)C(=O)N1CCC(O)CC1. The zero-order chi connectivity index (χ0) is 15.4. The summed E-state index contributed by atoms with van der Waals surface area (Å²) in [6, 6.07) is 6.20. The van der Waals surface area contributed by atoms with Gasteiger partial charge >= 0.3 is 0 Å². The number of hydrogen-bond acceptors (Lipinski definition) is 5. The van der Waals surface area contributed by atoms with Crippen LogP contribution in [0.4, 0.5) is 5.69 Å². The molecule has 7 heteroatoms. The molecule has 0 spiro atoms. The molecule has 114 valence electrons. The molecule has 0 aliphatic carbocycles. The minimum absolute atomic E-state index is 0.0448. The summed E-state index contributed by atoms with van der Waals surface area (Å²) in [6.07, 6.45) is 0.952. The van der Waals surface area contributed by atoms with Crippen LogP contribution in [0.25, 0.3) is 0 Å². The van der Waals surface area contributed by atoms with Crippen molar-refractivity contribution in [3.05, 3.63) is 34.4 Å². The van der Waals surface area contributed by atoms with Crippen LogP contribution in [0.15, 0.2) is 29.2 Å². The topological polar surface area (TPSA) is 83.7 Å². The quantitative estimate of drug-likeness (QED) is 0.523. The first-order chi connectivity index (χ1) is 9.97. The Morgan fingerprint density at radius 1 is 1.38 bits per heavy atom. The number of non-ortho nitro benzene ring substituents is 1. The summed E-state index contributed by atoms with van der Waals surface area (Å²) in [5.74, 6) is 0.0465. The van der Waals surface area contributed by atoms with Crippen LogP contribution in [0.2, 0.25) is 0 Å². The van der Waals surface area contributed by atoms with Gasteiger partial charge in [-0.25, -0.2) is 0 Å². The highest BCUT2D eigenvalue weighted by atomic mass is 32.2. The number of aliphatic hydroxyl groups is 1. The lowest BCUT2D eigenvalue weighted by molar-refractivity contribution is -0.384. The number of carbonyl (C=O) groups is 1. The molecule has 6 nitrogen and oxygen atoms in total. The fourth-order valence-corrected chi connectivity index (χ4v) is 3.20. The van der Waals surface area contributed by atoms with Crippen LogP contribution in [0.3, 0.4) is 0 Å². The Hall–Kier alpha value is -1.60. The second-order valence-corrected chi connectivity index (χ2v) is 6.48. The number of nitro benzene ring substituents is 1. The number of likely N-dealkylation sites (tertiary alicyclic amines) is 1. The van der Waals surface area contributed by atoms with Crippen molar-refractivity contribution in [2.45, 2.75) is 36.0 Å². The van der Waals surface area contributed by atoms with E-state index in [2.05, 4.69) is 0 Å². The lowest BCUT2D eigenvalue weighted by atomic mass is 10.1. The van der Waals surface area contributed by atoms with Gasteiger partial charge < -0.3 is 10.0 Å². The summed E-state index contributed by atoms with van der Waals surface area (Å²) in [7, 11) is 0. The van der Waals surface area contributed by atoms with Crippen LogP contribution in [-0.2, 0) is 4.79 Å². The van der Waals surface area contributed by atoms with Crippen molar-refractivity contribution in [2.24, 2.45) is 0 Å². The third-order valence-electron chi connectivity index (χ3n) is 3.48. The monoisotopic (exact) mass is 310 g/mol. The number of rotatable bonds is 4. The van der Waals surface area contributed by atoms with E-state index in [0.717, 1.165) is 4.90 Å². The molecule has 0 radical (unpaired) electrons. The molecule has 1 amide bonds. The van der Waals surface area contributed by atoms with Gasteiger partial charge in [0.05, 0.1) is 16.3 Å². The van der Waals surface area contributed by atoms with E-state index in [4.69, 9.17) is 0 Å². The number of nitrogens with zero attached hydrogens (tertiary/aromatic N) is 2. The minimum Gasteiger partial charge on any atom is -0.393 e. The van der Waals surface area contributed by atoms with E-state index < -0.39 is 4.92 Å². The maximum Gasteiger partial charge on any atom is 0.269 e. The van der Waals surface area contributed by atoms with E-state index in [1.165, 1.54) is 23.9 Å². The standard InChI is InChI=1S/C14H18N2O4S/c1-10(14(18)15-8-6-12(17)7-9-15)21-13-4-2-11(3-5-13)16(19)20/h2-5,10,12,17H,6-9H2,1H3/t10-/m1/s1. The first kappa shape index (κ1) is 15.8. The molecule has 1 aromatic carbocycles. The van der Waals surface area contributed by atoms with Gasteiger partial charge in [0.15, 0.2) is 0 Å². The highest BCUT2D eigenvalue weighted by molar-refractivity contribution is 8.00. The van der Waals surface area contributed by atoms with Crippen molar-refractivity contribution in [1.29, 1.82) is 0 Å². The average Bonchev–Trinajstić information content (AvgIpc) is 2.47. The van der Waals surface area contributed by atoms with Crippen LogP contribution < -0.4 is 0 Å².